The Balaban J connectivity index is 2.21. The zero-order valence-electron chi connectivity index (χ0n) is 9.81. The molecule has 0 saturated heterocycles. The molecule has 0 atom stereocenters. The molecule has 0 fully saturated rings. The predicted octanol–water partition coefficient (Wildman–Crippen LogP) is 1.66. The van der Waals surface area contributed by atoms with E-state index in [0.717, 1.165) is 5.56 Å². The van der Waals surface area contributed by atoms with Gasteiger partial charge in [-0.05, 0) is 23.8 Å². The van der Waals surface area contributed by atoms with Gasteiger partial charge < -0.3 is 0 Å². The first-order chi connectivity index (χ1) is 8.95. The molecule has 1 aromatic carbocycles. The molecule has 1 N–H and O–H groups in total. The number of H-pyrrole nitrogens is 1. The molecule has 1 heterocycles. The standard InChI is InChI=1S/C11H9BrFN3O2S/c1-16-11(14-9(17)10(18)15-16)19-5-6-2-7(12)4-8(13)3-6/h2-4H,5H2,1H3,(H,15,18). The number of aryl methyl sites for hydroxylation is 1. The Bertz CT molecular complexity index is 708. The second-order valence-corrected chi connectivity index (χ2v) is 5.62. The van der Waals surface area contributed by atoms with Crippen LogP contribution < -0.4 is 11.1 Å². The second kappa shape index (κ2) is 5.70. The normalized spacial score (nSPS) is 10.7. The van der Waals surface area contributed by atoms with Crippen LogP contribution >= 0.6 is 27.7 Å². The second-order valence-electron chi connectivity index (χ2n) is 3.77. The van der Waals surface area contributed by atoms with Gasteiger partial charge in [-0.3, -0.25) is 19.4 Å². The van der Waals surface area contributed by atoms with Gasteiger partial charge in [-0.1, -0.05) is 27.7 Å². The fraction of sp³-hybridized carbons (Fsp3) is 0.182. The first kappa shape index (κ1) is 14.0. The van der Waals surface area contributed by atoms with Crippen LogP contribution in [-0.4, -0.2) is 14.8 Å². The van der Waals surface area contributed by atoms with Gasteiger partial charge >= 0.3 is 11.1 Å². The van der Waals surface area contributed by atoms with Crippen LogP contribution in [0.2, 0.25) is 0 Å². The van der Waals surface area contributed by atoms with Gasteiger partial charge in [0.2, 0.25) is 0 Å². The number of nitrogens with one attached hydrogen (secondary N) is 1. The van der Waals surface area contributed by atoms with Gasteiger partial charge in [-0.2, -0.15) is 4.98 Å². The average molecular weight is 346 g/mol. The Morgan fingerprint density at radius 2 is 2.16 bits per heavy atom. The summed E-state index contributed by atoms with van der Waals surface area (Å²) in [5, 5.41) is 2.71. The molecule has 0 spiro atoms. The van der Waals surface area contributed by atoms with Crippen molar-refractivity contribution in [1.82, 2.24) is 14.8 Å². The number of halogens is 2. The van der Waals surface area contributed by atoms with Gasteiger partial charge in [0, 0.05) is 17.3 Å². The summed E-state index contributed by atoms with van der Waals surface area (Å²) >= 11 is 4.44. The van der Waals surface area contributed by atoms with Crippen LogP contribution in [0.5, 0.6) is 0 Å². The molecular formula is C11H9BrFN3O2S. The lowest BCUT2D eigenvalue weighted by atomic mass is 10.2. The summed E-state index contributed by atoms with van der Waals surface area (Å²) in [7, 11) is 1.58. The lowest BCUT2D eigenvalue weighted by Crippen LogP contribution is -2.33. The number of thioether (sulfide) groups is 1. The lowest BCUT2D eigenvalue weighted by molar-refractivity contribution is 0.596. The molecule has 0 amide bonds. The SMILES string of the molecule is Cn1[nH]c(=O)c(=O)nc1SCc1cc(F)cc(Br)c1. The first-order valence-corrected chi connectivity index (χ1v) is 6.98. The van der Waals surface area contributed by atoms with Crippen molar-refractivity contribution in [1.29, 1.82) is 0 Å². The summed E-state index contributed by atoms with van der Waals surface area (Å²) in [5.41, 5.74) is -0.848. The van der Waals surface area contributed by atoms with Crippen LogP contribution in [0, 0.1) is 5.82 Å². The molecule has 0 bridgehead atoms. The van der Waals surface area contributed by atoms with E-state index >= 15 is 0 Å². The smallest absolute Gasteiger partial charge is 0.265 e. The van der Waals surface area contributed by atoms with Crippen LogP contribution in [0.4, 0.5) is 4.39 Å². The zero-order chi connectivity index (χ0) is 14.0. The maximum absolute atomic E-state index is 13.2. The van der Waals surface area contributed by atoms with Gasteiger partial charge in [0.05, 0.1) is 0 Å². The third kappa shape index (κ3) is 3.54. The molecule has 2 aromatic rings. The highest BCUT2D eigenvalue weighted by Crippen LogP contribution is 2.22. The van der Waals surface area contributed by atoms with Gasteiger partial charge in [0.25, 0.3) is 0 Å². The molecule has 2 rings (SSSR count). The van der Waals surface area contributed by atoms with Gasteiger partial charge in [-0.15, -0.1) is 0 Å². The van der Waals surface area contributed by atoms with Gasteiger partial charge in [-0.25, -0.2) is 4.39 Å². The minimum absolute atomic E-state index is 0.340. The van der Waals surface area contributed by atoms with Crippen molar-refractivity contribution < 1.29 is 4.39 Å². The maximum Gasteiger partial charge on any atom is 0.339 e. The number of hydrogen-bond donors (Lipinski definition) is 1. The Morgan fingerprint density at radius 3 is 2.84 bits per heavy atom. The van der Waals surface area contributed by atoms with Crippen molar-refractivity contribution in [3.63, 3.8) is 0 Å². The largest absolute Gasteiger partial charge is 0.339 e. The molecule has 0 saturated carbocycles. The van der Waals surface area contributed by atoms with E-state index in [1.807, 2.05) is 0 Å². The number of rotatable bonds is 3. The van der Waals surface area contributed by atoms with E-state index in [9.17, 15) is 14.0 Å². The summed E-state index contributed by atoms with van der Waals surface area (Å²) in [6.45, 7) is 0. The Labute approximate surface area is 120 Å². The molecule has 100 valence electrons. The molecular weight excluding hydrogens is 337 g/mol. The average Bonchev–Trinajstić information content (AvgIpc) is 2.31. The van der Waals surface area contributed by atoms with Crippen LogP contribution in [0.3, 0.4) is 0 Å². The van der Waals surface area contributed by atoms with Crippen molar-refractivity contribution in [3.05, 3.63) is 54.8 Å². The van der Waals surface area contributed by atoms with Crippen molar-refractivity contribution in [2.75, 3.05) is 0 Å². The Kier molecular flexibility index (Phi) is 4.20. The van der Waals surface area contributed by atoms with E-state index in [1.165, 1.54) is 28.6 Å². The molecule has 19 heavy (non-hydrogen) atoms. The summed E-state index contributed by atoms with van der Waals surface area (Å²) in [6.07, 6.45) is 0. The van der Waals surface area contributed by atoms with E-state index < -0.39 is 11.1 Å². The summed E-state index contributed by atoms with van der Waals surface area (Å²) in [6, 6.07) is 4.55. The third-order valence-corrected chi connectivity index (χ3v) is 3.80. The first-order valence-electron chi connectivity index (χ1n) is 5.21. The molecule has 0 aliphatic rings. The molecule has 0 aliphatic carbocycles. The van der Waals surface area contributed by atoms with Crippen LogP contribution in [0.25, 0.3) is 0 Å². The summed E-state index contributed by atoms with van der Waals surface area (Å²) in [4.78, 5) is 25.9. The molecule has 0 radical (unpaired) electrons. The molecule has 8 heteroatoms. The molecule has 5 nitrogen and oxygen atoms in total. The minimum Gasteiger partial charge on any atom is -0.265 e. The number of hydrogen-bond acceptors (Lipinski definition) is 4. The monoisotopic (exact) mass is 345 g/mol. The van der Waals surface area contributed by atoms with Gasteiger partial charge in [0.1, 0.15) is 5.82 Å². The number of nitrogens with zero attached hydrogens (tertiary/aromatic N) is 2. The Morgan fingerprint density at radius 1 is 1.42 bits per heavy atom. The molecule has 1 aromatic heterocycles. The van der Waals surface area contributed by atoms with Crippen molar-refractivity contribution in [2.45, 2.75) is 10.9 Å². The number of aromatic nitrogens is 3. The summed E-state index contributed by atoms with van der Waals surface area (Å²) < 4.78 is 15.2. The van der Waals surface area contributed by atoms with Crippen molar-refractivity contribution >= 4 is 27.7 Å². The Hall–Kier alpha value is -1.41. The van der Waals surface area contributed by atoms with Crippen molar-refractivity contribution in [3.8, 4) is 0 Å². The predicted molar refractivity (Wildman–Crippen MR) is 73.8 cm³/mol. The van der Waals surface area contributed by atoms with Crippen LogP contribution in [-0.2, 0) is 12.8 Å². The molecule has 0 unspecified atom stereocenters. The summed E-state index contributed by atoms with van der Waals surface area (Å²) in [5.74, 6) is 0.0937. The van der Waals surface area contributed by atoms with E-state index in [1.54, 1.807) is 13.1 Å². The third-order valence-electron chi connectivity index (χ3n) is 2.24. The van der Waals surface area contributed by atoms with Crippen molar-refractivity contribution in [2.24, 2.45) is 7.05 Å². The number of benzene rings is 1. The quantitative estimate of drug-likeness (QED) is 0.678. The fourth-order valence-electron chi connectivity index (χ4n) is 1.43. The highest BCUT2D eigenvalue weighted by molar-refractivity contribution is 9.10. The highest BCUT2D eigenvalue weighted by Gasteiger charge is 2.06. The van der Waals surface area contributed by atoms with E-state index in [0.29, 0.717) is 15.4 Å². The van der Waals surface area contributed by atoms with Crippen LogP contribution in [0.1, 0.15) is 5.56 Å². The number of aromatic amines is 1. The maximum atomic E-state index is 13.2. The van der Waals surface area contributed by atoms with E-state index in [2.05, 4.69) is 26.0 Å². The highest BCUT2D eigenvalue weighted by atomic mass is 79.9. The lowest BCUT2D eigenvalue weighted by Gasteiger charge is -2.06. The van der Waals surface area contributed by atoms with Gasteiger partial charge in [0.15, 0.2) is 5.16 Å². The van der Waals surface area contributed by atoms with E-state index in [-0.39, 0.29) is 5.82 Å². The zero-order valence-corrected chi connectivity index (χ0v) is 12.2. The minimum atomic E-state index is -0.832. The fourth-order valence-corrected chi connectivity index (χ4v) is 2.79. The van der Waals surface area contributed by atoms with E-state index in [4.69, 9.17) is 0 Å². The topological polar surface area (TPSA) is 67.8 Å². The molecule has 0 aliphatic heterocycles. The van der Waals surface area contributed by atoms with Crippen LogP contribution in [0.15, 0.2) is 37.4 Å².